The molecule has 0 saturated carbocycles. The molecule has 1 N–H and O–H groups in total. The van der Waals surface area contributed by atoms with E-state index in [1.54, 1.807) is 27.7 Å². The van der Waals surface area contributed by atoms with E-state index in [1.807, 2.05) is 18.2 Å². The van der Waals surface area contributed by atoms with Crippen LogP contribution in [-0.4, -0.2) is 39.5 Å². The molecule has 2 bridgehead atoms. The average Bonchev–Trinajstić information content (AvgIpc) is 2.72. The number of benzene rings is 1. The van der Waals surface area contributed by atoms with Crippen LogP contribution in [-0.2, 0) is 16.1 Å². The summed E-state index contributed by atoms with van der Waals surface area (Å²) in [6.45, 7) is 1.52. The maximum Gasteiger partial charge on any atom is 0.303 e. The van der Waals surface area contributed by atoms with Crippen LogP contribution in [0.15, 0.2) is 41.2 Å². The molecule has 2 aromatic rings. The number of likely N-dealkylation sites (tertiary alicyclic amines) is 1. The molecule has 0 unspecified atom stereocenters. The predicted molar refractivity (Wildman–Crippen MR) is 105 cm³/mol. The van der Waals surface area contributed by atoms with Gasteiger partial charge in [0, 0.05) is 54.9 Å². The van der Waals surface area contributed by atoms with Crippen LogP contribution >= 0.6 is 0 Å². The first kappa shape index (κ1) is 18.9. The second-order valence-corrected chi connectivity index (χ2v) is 7.73. The highest BCUT2D eigenvalue weighted by atomic mass is 16.4. The molecule has 1 fully saturated rings. The SMILES string of the molecule is N#Cc1ccccc1-c1ccc(=O)n2c1[C@@H]1C[C@@H](CN(C(=O)CCC(=O)O)C1)C2. The minimum Gasteiger partial charge on any atom is -0.481 e. The van der Waals surface area contributed by atoms with Crippen molar-refractivity contribution >= 4 is 11.9 Å². The standard InChI is InChI=1S/C22H21N3O4/c23-10-15-3-1-2-4-17(15)18-5-6-20(27)25-12-14-9-16(22(18)25)13-24(11-14)19(26)7-8-21(28)29/h1-6,14,16H,7-9,11-13H2,(H,28,29)/t14-,16+/m0/s1. The summed E-state index contributed by atoms with van der Waals surface area (Å²) in [4.78, 5) is 37.6. The van der Waals surface area contributed by atoms with Gasteiger partial charge in [-0.25, -0.2) is 0 Å². The molecule has 0 spiro atoms. The summed E-state index contributed by atoms with van der Waals surface area (Å²) < 4.78 is 1.79. The van der Waals surface area contributed by atoms with Crippen LogP contribution in [0.3, 0.4) is 0 Å². The largest absolute Gasteiger partial charge is 0.481 e. The quantitative estimate of drug-likeness (QED) is 0.861. The summed E-state index contributed by atoms with van der Waals surface area (Å²) in [7, 11) is 0. The Hall–Kier alpha value is -3.40. The van der Waals surface area contributed by atoms with Gasteiger partial charge in [-0.2, -0.15) is 5.26 Å². The number of hydrogen-bond donors (Lipinski definition) is 1. The average molecular weight is 391 g/mol. The zero-order chi connectivity index (χ0) is 20.5. The molecule has 1 amide bonds. The van der Waals surface area contributed by atoms with Gasteiger partial charge in [0.15, 0.2) is 0 Å². The molecule has 7 heteroatoms. The highest BCUT2D eigenvalue weighted by Crippen LogP contribution is 2.40. The predicted octanol–water partition coefficient (Wildman–Crippen LogP) is 2.20. The summed E-state index contributed by atoms with van der Waals surface area (Å²) >= 11 is 0. The first-order chi connectivity index (χ1) is 14.0. The van der Waals surface area contributed by atoms with Crippen molar-refractivity contribution in [3.05, 3.63) is 58.0 Å². The number of carboxylic acid groups (broad SMARTS) is 1. The second kappa shape index (κ2) is 7.55. The molecule has 0 aliphatic carbocycles. The van der Waals surface area contributed by atoms with Gasteiger partial charge in [-0.15, -0.1) is 0 Å². The van der Waals surface area contributed by atoms with E-state index < -0.39 is 5.97 Å². The fourth-order valence-electron chi connectivity index (χ4n) is 4.63. The lowest BCUT2D eigenvalue weighted by Gasteiger charge is -2.43. The number of amides is 1. The number of aliphatic carboxylic acids is 1. The van der Waals surface area contributed by atoms with Crippen molar-refractivity contribution in [3.8, 4) is 17.2 Å². The van der Waals surface area contributed by atoms with E-state index in [2.05, 4.69) is 6.07 Å². The van der Waals surface area contributed by atoms with E-state index in [4.69, 9.17) is 5.11 Å². The Labute approximate surface area is 167 Å². The summed E-state index contributed by atoms with van der Waals surface area (Å²) in [6.07, 6.45) is 0.676. The van der Waals surface area contributed by atoms with E-state index in [0.29, 0.717) is 25.2 Å². The summed E-state index contributed by atoms with van der Waals surface area (Å²) in [5.74, 6) is -1.00. The molecule has 3 heterocycles. The van der Waals surface area contributed by atoms with E-state index in [-0.39, 0.29) is 36.1 Å². The zero-order valence-corrected chi connectivity index (χ0v) is 15.9. The van der Waals surface area contributed by atoms with Gasteiger partial charge in [-0.3, -0.25) is 14.4 Å². The van der Waals surface area contributed by atoms with Crippen molar-refractivity contribution in [1.29, 1.82) is 5.26 Å². The maximum atomic E-state index is 12.6. The van der Waals surface area contributed by atoms with Crippen molar-refractivity contribution in [2.45, 2.75) is 31.7 Å². The Bertz CT molecular complexity index is 1080. The molecule has 2 atom stereocenters. The fourth-order valence-corrected chi connectivity index (χ4v) is 4.63. The van der Waals surface area contributed by atoms with Crippen LogP contribution < -0.4 is 5.56 Å². The second-order valence-electron chi connectivity index (χ2n) is 7.73. The zero-order valence-electron chi connectivity index (χ0n) is 15.9. The molecule has 7 nitrogen and oxygen atoms in total. The van der Waals surface area contributed by atoms with Gasteiger partial charge in [0.1, 0.15) is 0 Å². The monoisotopic (exact) mass is 391 g/mol. The topological polar surface area (TPSA) is 103 Å². The van der Waals surface area contributed by atoms with Gasteiger partial charge >= 0.3 is 5.97 Å². The molecule has 4 rings (SSSR count). The molecule has 29 heavy (non-hydrogen) atoms. The highest BCUT2D eigenvalue weighted by molar-refractivity contribution is 5.81. The number of hydrogen-bond acceptors (Lipinski definition) is 4. The van der Waals surface area contributed by atoms with Crippen LogP contribution in [0.5, 0.6) is 0 Å². The maximum absolute atomic E-state index is 12.6. The number of fused-ring (bicyclic) bond motifs is 4. The summed E-state index contributed by atoms with van der Waals surface area (Å²) in [5.41, 5.74) is 2.98. The minimum absolute atomic E-state index is 0.0134. The Kier molecular flexibility index (Phi) is 4.93. The van der Waals surface area contributed by atoms with Gasteiger partial charge in [0.05, 0.1) is 18.1 Å². The Balaban J connectivity index is 1.73. The first-order valence-electron chi connectivity index (χ1n) is 9.70. The Morgan fingerprint density at radius 2 is 1.86 bits per heavy atom. The molecule has 1 saturated heterocycles. The van der Waals surface area contributed by atoms with Crippen LogP contribution in [0, 0.1) is 17.2 Å². The molecule has 2 aliphatic rings. The number of nitrogens with zero attached hydrogens (tertiary/aromatic N) is 3. The Morgan fingerprint density at radius 1 is 1.07 bits per heavy atom. The van der Waals surface area contributed by atoms with Crippen LogP contribution in [0.25, 0.3) is 11.1 Å². The lowest BCUT2D eigenvalue weighted by atomic mass is 9.80. The number of aromatic nitrogens is 1. The Morgan fingerprint density at radius 3 is 2.62 bits per heavy atom. The van der Waals surface area contributed by atoms with E-state index in [0.717, 1.165) is 23.2 Å². The third-order valence-electron chi connectivity index (χ3n) is 5.83. The smallest absolute Gasteiger partial charge is 0.303 e. The van der Waals surface area contributed by atoms with E-state index >= 15 is 0 Å². The van der Waals surface area contributed by atoms with Gasteiger partial charge in [-0.1, -0.05) is 18.2 Å². The molecular formula is C22H21N3O4. The minimum atomic E-state index is -0.983. The normalized spacial score (nSPS) is 19.9. The van der Waals surface area contributed by atoms with Crippen LogP contribution in [0.1, 0.15) is 36.4 Å². The third-order valence-corrected chi connectivity index (χ3v) is 5.83. The number of pyridine rings is 1. The highest BCUT2D eigenvalue weighted by Gasteiger charge is 2.37. The lowest BCUT2D eigenvalue weighted by molar-refractivity contribution is -0.141. The van der Waals surface area contributed by atoms with Crippen molar-refractivity contribution in [2.24, 2.45) is 5.92 Å². The van der Waals surface area contributed by atoms with Crippen LogP contribution in [0.2, 0.25) is 0 Å². The number of carbonyl (C=O) groups excluding carboxylic acids is 1. The van der Waals surface area contributed by atoms with Gasteiger partial charge in [0.25, 0.3) is 5.56 Å². The van der Waals surface area contributed by atoms with Crippen molar-refractivity contribution in [3.63, 3.8) is 0 Å². The van der Waals surface area contributed by atoms with Crippen molar-refractivity contribution in [2.75, 3.05) is 13.1 Å². The van der Waals surface area contributed by atoms with Crippen molar-refractivity contribution in [1.82, 2.24) is 9.47 Å². The summed E-state index contributed by atoms with van der Waals surface area (Å²) in [6, 6.07) is 12.8. The molecule has 2 aliphatic heterocycles. The van der Waals surface area contributed by atoms with E-state index in [1.165, 1.54) is 0 Å². The molecule has 148 valence electrons. The first-order valence-corrected chi connectivity index (χ1v) is 9.70. The fraction of sp³-hybridized carbons (Fsp3) is 0.364. The molecule has 1 aromatic heterocycles. The van der Waals surface area contributed by atoms with Crippen molar-refractivity contribution < 1.29 is 14.7 Å². The number of carboxylic acids is 1. The third kappa shape index (κ3) is 3.54. The van der Waals surface area contributed by atoms with Gasteiger partial charge in [0.2, 0.25) is 5.91 Å². The number of rotatable bonds is 4. The molecule has 1 aromatic carbocycles. The number of piperidine rings is 1. The lowest BCUT2D eigenvalue weighted by Crippen LogP contribution is -2.49. The van der Waals surface area contributed by atoms with Crippen LogP contribution in [0.4, 0.5) is 0 Å². The number of nitriles is 1. The van der Waals surface area contributed by atoms with E-state index in [9.17, 15) is 19.6 Å². The number of carbonyl (C=O) groups is 2. The summed E-state index contributed by atoms with van der Waals surface area (Å²) in [5, 5.41) is 18.4. The molecule has 0 radical (unpaired) electrons. The van der Waals surface area contributed by atoms with Gasteiger partial charge in [-0.05, 0) is 24.5 Å². The molecular weight excluding hydrogens is 370 g/mol. The van der Waals surface area contributed by atoms with Gasteiger partial charge < -0.3 is 14.6 Å².